The van der Waals surface area contributed by atoms with Crippen molar-refractivity contribution < 1.29 is 4.92 Å². The molecule has 1 aliphatic rings. The monoisotopic (exact) mass is 284 g/mol. The van der Waals surface area contributed by atoms with Gasteiger partial charge < -0.3 is 0 Å². The zero-order valence-corrected chi connectivity index (χ0v) is 12.1. The Kier molecular flexibility index (Phi) is 5.10. The van der Waals surface area contributed by atoms with Gasteiger partial charge >= 0.3 is 0 Å². The van der Waals surface area contributed by atoms with Crippen LogP contribution in [0.15, 0.2) is 42.0 Å². The maximum absolute atomic E-state index is 11.9. The maximum atomic E-state index is 11.9. The second kappa shape index (κ2) is 7.03. The summed E-state index contributed by atoms with van der Waals surface area (Å²) in [6, 6.07) is 11.6. The fraction of sp³-hybridized carbons (Fsp3) is 0.471. The Morgan fingerprint density at radius 2 is 2.05 bits per heavy atom. The third kappa shape index (κ3) is 3.49. The second-order valence-electron chi connectivity index (χ2n) is 5.58. The van der Waals surface area contributed by atoms with Gasteiger partial charge in [0.25, 0.3) is 0 Å². The van der Waals surface area contributed by atoms with Crippen LogP contribution in [0, 0.1) is 21.4 Å². The molecule has 1 aliphatic carbocycles. The number of rotatable bonds is 6. The Hall–Kier alpha value is -2.15. The molecule has 0 bridgehead atoms. The first-order valence-corrected chi connectivity index (χ1v) is 7.44. The van der Waals surface area contributed by atoms with E-state index in [-0.39, 0.29) is 17.8 Å². The van der Waals surface area contributed by atoms with Crippen molar-refractivity contribution in [3.63, 3.8) is 0 Å². The summed E-state index contributed by atoms with van der Waals surface area (Å²) in [6.45, 7) is 0. The summed E-state index contributed by atoms with van der Waals surface area (Å²) < 4.78 is 0. The van der Waals surface area contributed by atoms with Gasteiger partial charge in [-0.2, -0.15) is 5.26 Å². The number of hydrogen-bond donors (Lipinski definition) is 0. The lowest BCUT2D eigenvalue weighted by Crippen LogP contribution is -2.43. The normalized spacial score (nSPS) is 17.4. The molecule has 0 saturated heterocycles. The first-order valence-electron chi connectivity index (χ1n) is 7.44. The molecule has 4 heteroatoms. The highest BCUT2D eigenvalue weighted by Gasteiger charge is 2.46. The fourth-order valence-electron chi connectivity index (χ4n) is 3.09. The second-order valence-corrected chi connectivity index (χ2v) is 5.58. The van der Waals surface area contributed by atoms with Crippen LogP contribution in [0.3, 0.4) is 0 Å². The van der Waals surface area contributed by atoms with Gasteiger partial charge in [-0.3, -0.25) is 10.1 Å². The molecule has 110 valence electrons. The molecule has 1 atom stereocenters. The molecule has 1 aromatic carbocycles. The molecule has 0 heterocycles. The van der Waals surface area contributed by atoms with Crippen LogP contribution in [0.5, 0.6) is 0 Å². The number of allylic oxidation sites excluding steroid dienone is 1. The molecule has 0 amide bonds. The van der Waals surface area contributed by atoms with Crippen molar-refractivity contribution in [3.05, 3.63) is 57.7 Å². The smallest absolute Gasteiger partial charge is 0.248 e. The Bertz CT molecular complexity index is 560. The van der Waals surface area contributed by atoms with E-state index in [9.17, 15) is 10.1 Å². The van der Waals surface area contributed by atoms with E-state index in [2.05, 4.69) is 6.07 Å². The van der Waals surface area contributed by atoms with E-state index in [0.717, 1.165) is 36.8 Å². The van der Waals surface area contributed by atoms with E-state index in [4.69, 9.17) is 5.26 Å². The average molecular weight is 284 g/mol. The fourth-order valence-corrected chi connectivity index (χ4v) is 3.09. The lowest BCUT2D eigenvalue weighted by molar-refractivity contribution is -0.559. The van der Waals surface area contributed by atoms with Crippen molar-refractivity contribution in [2.24, 2.45) is 0 Å². The van der Waals surface area contributed by atoms with Crippen LogP contribution in [0.2, 0.25) is 0 Å². The summed E-state index contributed by atoms with van der Waals surface area (Å²) in [5.41, 5.74) is 0.758. The van der Waals surface area contributed by atoms with E-state index in [1.165, 1.54) is 0 Å². The van der Waals surface area contributed by atoms with E-state index in [1.54, 1.807) is 0 Å². The van der Waals surface area contributed by atoms with Crippen molar-refractivity contribution in [1.82, 2.24) is 0 Å². The molecule has 0 fully saturated rings. The largest absolute Gasteiger partial charge is 0.264 e. The van der Waals surface area contributed by atoms with Gasteiger partial charge in [-0.05, 0) is 31.2 Å². The standard InChI is InChI=1S/C17H20N2O2/c18-13-7-12-17(19(20)21,16-10-5-2-6-11-16)14-15-8-3-1-4-9-15/h1,3-4,8-10H,2,5-7,11-12,14H2. The zero-order valence-electron chi connectivity index (χ0n) is 12.1. The van der Waals surface area contributed by atoms with Gasteiger partial charge in [0.15, 0.2) is 0 Å². The summed E-state index contributed by atoms with van der Waals surface area (Å²) in [6.07, 6.45) is 6.69. The molecule has 0 aromatic heterocycles. The molecule has 0 N–H and O–H groups in total. The van der Waals surface area contributed by atoms with E-state index >= 15 is 0 Å². The summed E-state index contributed by atoms with van der Waals surface area (Å²) in [5.74, 6) is 0. The van der Waals surface area contributed by atoms with E-state index in [1.807, 2.05) is 36.4 Å². The molecular formula is C17H20N2O2. The lowest BCUT2D eigenvalue weighted by Gasteiger charge is -2.29. The van der Waals surface area contributed by atoms with E-state index in [0.29, 0.717) is 6.42 Å². The first-order chi connectivity index (χ1) is 10.2. The molecule has 0 radical (unpaired) electrons. The molecule has 0 aliphatic heterocycles. The maximum Gasteiger partial charge on any atom is 0.248 e. The van der Waals surface area contributed by atoms with Crippen LogP contribution in [0.4, 0.5) is 0 Å². The molecule has 1 aromatic rings. The van der Waals surface area contributed by atoms with Crippen molar-refractivity contribution >= 4 is 0 Å². The third-order valence-electron chi connectivity index (χ3n) is 4.23. The van der Waals surface area contributed by atoms with Gasteiger partial charge in [0, 0.05) is 29.8 Å². The zero-order chi connectivity index (χ0) is 15.1. The molecule has 1 unspecified atom stereocenters. The molecule has 0 saturated carbocycles. The third-order valence-corrected chi connectivity index (χ3v) is 4.23. The van der Waals surface area contributed by atoms with Gasteiger partial charge in [0.1, 0.15) is 0 Å². The Labute approximate surface area is 125 Å². The minimum absolute atomic E-state index is 0.158. The van der Waals surface area contributed by atoms with Gasteiger partial charge in [-0.15, -0.1) is 0 Å². The highest BCUT2D eigenvalue weighted by molar-refractivity contribution is 5.26. The van der Waals surface area contributed by atoms with Crippen LogP contribution in [-0.2, 0) is 6.42 Å². The first kappa shape index (κ1) is 15.2. The van der Waals surface area contributed by atoms with Crippen LogP contribution in [0.1, 0.15) is 44.1 Å². The van der Waals surface area contributed by atoms with Crippen LogP contribution >= 0.6 is 0 Å². The number of nitriles is 1. The molecular weight excluding hydrogens is 264 g/mol. The van der Waals surface area contributed by atoms with Gasteiger partial charge in [0.05, 0.1) is 6.07 Å². The van der Waals surface area contributed by atoms with Crippen molar-refractivity contribution in [3.8, 4) is 6.07 Å². The summed E-state index contributed by atoms with van der Waals surface area (Å²) >= 11 is 0. The quantitative estimate of drug-likeness (QED) is 0.449. The lowest BCUT2D eigenvalue weighted by atomic mass is 9.76. The Morgan fingerprint density at radius 1 is 1.29 bits per heavy atom. The van der Waals surface area contributed by atoms with Crippen LogP contribution in [-0.4, -0.2) is 10.5 Å². The SMILES string of the molecule is N#CCCC(Cc1ccccc1)(C1=CCCCC1)[N+](=O)[O-]. The summed E-state index contributed by atoms with van der Waals surface area (Å²) in [5, 5.41) is 20.8. The topological polar surface area (TPSA) is 66.9 Å². The molecule has 21 heavy (non-hydrogen) atoms. The summed E-state index contributed by atoms with van der Waals surface area (Å²) in [7, 11) is 0. The van der Waals surface area contributed by atoms with Gasteiger partial charge in [-0.25, -0.2) is 0 Å². The van der Waals surface area contributed by atoms with Crippen LogP contribution < -0.4 is 0 Å². The van der Waals surface area contributed by atoms with Crippen molar-refractivity contribution in [1.29, 1.82) is 5.26 Å². The highest BCUT2D eigenvalue weighted by Crippen LogP contribution is 2.36. The minimum Gasteiger partial charge on any atom is -0.264 e. The predicted molar refractivity (Wildman–Crippen MR) is 81.3 cm³/mol. The predicted octanol–water partition coefficient (Wildman–Crippen LogP) is 4.05. The highest BCUT2D eigenvalue weighted by atomic mass is 16.6. The summed E-state index contributed by atoms with van der Waals surface area (Å²) in [4.78, 5) is 11.7. The molecule has 2 rings (SSSR count). The number of hydrogen-bond acceptors (Lipinski definition) is 3. The Morgan fingerprint density at radius 3 is 2.62 bits per heavy atom. The molecule has 0 spiro atoms. The van der Waals surface area contributed by atoms with Crippen LogP contribution in [0.25, 0.3) is 0 Å². The average Bonchev–Trinajstić information content (AvgIpc) is 2.53. The minimum atomic E-state index is -1.11. The van der Waals surface area contributed by atoms with Crippen molar-refractivity contribution in [2.45, 2.75) is 50.5 Å². The van der Waals surface area contributed by atoms with Gasteiger partial charge in [-0.1, -0.05) is 36.4 Å². The Balaban J connectivity index is 2.37. The van der Waals surface area contributed by atoms with Gasteiger partial charge in [0.2, 0.25) is 5.54 Å². The van der Waals surface area contributed by atoms with E-state index < -0.39 is 5.54 Å². The van der Waals surface area contributed by atoms with Crippen molar-refractivity contribution in [2.75, 3.05) is 0 Å². The molecule has 4 nitrogen and oxygen atoms in total. The number of benzene rings is 1. The number of nitro groups is 1. The number of nitrogens with zero attached hydrogens (tertiary/aromatic N) is 2.